The van der Waals surface area contributed by atoms with Gasteiger partial charge >= 0.3 is 0 Å². The van der Waals surface area contributed by atoms with Crippen LogP contribution in [0.3, 0.4) is 0 Å². The SMILES string of the molecule is N#Cc1ccc(NCC(=O)N2CCN(c3ccccc3)CC2)nc1. The molecule has 2 aromatic rings. The number of nitrogens with zero attached hydrogens (tertiary/aromatic N) is 4. The number of aromatic nitrogens is 1. The lowest BCUT2D eigenvalue weighted by atomic mass is 10.2. The molecule has 0 atom stereocenters. The van der Waals surface area contributed by atoms with E-state index in [2.05, 4.69) is 27.3 Å². The standard InChI is InChI=1S/C18H19N5O/c19-12-15-6-7-17(20-13-15)21-14-18(24)23-10-8-22(9-11-23)16-4-2-1-3-5-16/h1-7,13H,8-11,14H2,(H,20,21). The summed E-state index contributed by atoms with van der Waals surface area (Å²) in [6.07, 6.45) is 1.49. The maximum atomic E-state index is 12.3. The minimum absolute atomic E-state index is 0.0638. The normalized spacial score (nSPS) is 14.1. The van der Waals surface area contributed by atoms with Crippen molar-refractivity contribution in [2.75, 3.05) is 42.9 Å². The van der Waals surface area contributed by atoms with E-state index >= 15 is 0 Å². The number of benzene rings is 1. The highest BCUT2D eigenvalue weighted by Crippen LogP contribution is 2.15. The van der Waals surface area contributed by atoms with Gasteiger partial charge in [0.25, 0.3) is 0 Å². The molecule has 1 N–H and O–H groups in total. The molecule has 6 heteroatoms. The summed E-state index contributed by atoms with van der Waals surface area (Å²) in [5.74, 6) is 0.666. The van der Waals surface area contributed by atoms with Crippen LogP contribution in [0.25, 0.3) is 0 Å². The number of nitrogens with one attached hydrogen (secondary N) is 1. The van der Waals surface area contributed by atoms with Crippen LogP contribution < -0.4 is 10.2 Å². The fraction of sp³-hybridized carbons (Fsp3) is 0.278. The van der Waals surface area contributed by atoms with Crippen LogP contribution in [0.4, 0.5) is 11.5 Å². The van der Waals surface area contributed by atoms with Crippen LogP contribution >= 0.6 is 0 Å². The number of amides is 1. The van der Waals surface area contributed by atoms with Crippen LogP contribution in [0.2, 0.25) is 0 Å². The molecule has 1 aliphatic rings. The Morgan fingerprint density at radius 1 is 1.12 bits per heavy atom. The number of carbonyl (C=O) groups excluding carboxylic acids is 1. The molecule has 1 amide bonds. The third-order valence-corrected chi connectivity index (χ3v) is 4.07. The summed E-state index contributed by atoms with van der Waals surface area (Å²) in [7, 11) is 0. The van der Waals surface area contributed by atoms with Gasteiger partial charge in [0.05, 0.1) is 12.1 Å². The molecule has 1 aromatic carbocycles. The van der Waals surface area contributed by atoms with Crippen molar-refractivity contribution in [2.45, 2.75) is 0 Å². The molecule has 0 bridgehead atoms. The van der Waals surface area contributed by atoms with Crippen LogP contribution in [-0.2, 0) is 4.79 Å². The first-order valence-electron chi connectivity index (χ1n) is 7.94. The smallest absolute Gasteiger partial charge is 0.242 e. The monoisotopic (exact) mass is 321 g/mol. The van der Waals surface area contributed by atoms with Gasteiger partial charge in [-0.15, -0.1) is 0 Å². The van der Waals surface area contributed by atoms with Crippen molar-refractivity contribution in [3.8, 4) is 6.07 Å². The van der Waals surface area contributed by atoms with Crippen molar-refractivity contribution in [1.29, 1.82) is 5.26 Å². The van der Waals surface area contributed by atoms with Gasteiger partial charge in [-0.3, -0.25) is 4.79 Å². The molecule has 0 saturated carbocycles. The lowest BCUT2D eigenvalue weighted by molar-refractivity contribution is -0.129. The first kappa shape index (κ1) is 15.8. The second-order valence-electron chi connectivity index (χ2n) is 5.60. The van der Waals surface area contributed by atoms with E-state index in [1.54, 1.807) is 12.1 Å². The van der Waals surface area contributed by atoms with E-state index in [0.29, 0.717) is 11.4 Å². The number of piperazine rings is 1. The summed E-state index contributed by atoms with van der Waals surface area (Å²) in [4.78, 5) is 20.6. The number of hydrogen-bond acceptors (Lipinski definition) is 5. The Balaban J connectivity index is 1.47. The molecule has 3 rings (SSSR count). The summed E-state index contributed by atoms with van der Waals surface area (Å²) in [6, 6.07) is 15.7. The third-order valence-electron chi connectivity index (χ3n) is 4.07. The number of anilines is 2. The van der Waals surface area contributed by atoms with Gasteiger partial charge in [-0.2, -0.15) is 5.26 Å². The van der Waals surface area contributed by atoms with Crippen molar-refractivity contribution in [3.63, 3.8) is 0 Å². The Labute approximate surface area is 141 Å². The molecule has 0 radical (unpaired) electrons. The maximum Gasteiger partial charge on any atom is 0.242 e. The second-order valence-corrected chi connectivity index (χ2v) is 5.60. The minimum atomic E-state index is 0.0638. The molecule has 0 spiro atoms. The number of rotatable bonds is 4. The predicted octanol–water partition coefficient (Wildman–Crippen LogP) is 1.71. The molecule has 24 heavy (non-hydrogen) atoms. The van der Waals surface area contributed by atoms with Crippen LogP contribution in [-0.4, -0.2) is 48.5 Å². The summed E-state index contributed by atoms with van der Waals surface area (Å²) >= 11 is 0. The number of hydrogen-bond donors (Lipinski definition) is 1. The van der Waals surface area contributed by atoms with E-state index in [1.165, 1.54) is 11.9 Å². The number of carbonyl (C=O) groups is 1. The molecule has 1 aromatic heterocycles. The van der Waals surface area contributed by atoms with Gasteiger partial charge in [0.15, 0.2) is 0 Å². The molecule has 0 aliphatic carbocycles. The van der Waals surface area contributed by atoms with E-state index in [4.69, 9.17) is 5.26 Å². The van der Waals surface area contributed by atoms with Gasteiger partial charge in [0, 0.05) is 38.1 Å². The molecule has 1 aliphatic heterocycles. The largest absolute Gasteiger partial charge is 0.368 e. The number of para-hydroxylation sites is 1. The van der Waals surface area contributed by atoms with Gasteiger partial charge in [-0.05, 0) is 24.3 Å². The van der Waals surface area contributed by atoms with E-state index < -0.39 is 0 Å². The topological polar surface area (TPSA) is 72.3 Å². The quantitative estimate of drug-likeness (QED) is 0.928. The fourth-order valence-electron chi connectivity index (χ4n) is 2.70. The maximum absolute atomic E-state index is 12.3. The average Bonchev–Trinajstić information content (AvgIpc) is 2.67. The van der Waals surface area contributed by atoms with Crippen LogP contribution in [0.15, 0.2) is 48.7 Å². The van der Waals surface area contributed by atoms with E-state index in [0.717, 1.165) is 26.2 Å². The van der Waals surface area contributed by atoms with Gasteiger partial charge < -0.3 is 15.1 Å². The molecular formula is C18H19N5O. The lowest BCUT2D eigenvalue weighted by Gasteiger charge is -2.36. The zero-order valence-electron chi connectivity index (χ0n) is 13.4. The molecule has 1 fully saturated rings. The highest BCUT2D eigenvalue weighted by Gasteiger charge is 2.20. The molecule has 122 valence electrons. The minimum Gasteiger partial charge on any atom is -0.368 e. The van der Waals surface area contributed by atoms with Crippen molar-refractivity contribution in [2.24, 2.45) is 0 Å². The Kier molecular flexibility index (Phi) is 4.92. The summed E-state index contributed by atoms with van der Waals surface area (Å²) in [5.41, 5.74) is 1.70. The van der Waals surface area contributed by atoms with Gasteiger partial charge in [0.2, 0.25) is 5.91 Å². The van der Waals surface area contributed by atoms with Gasteiger partial charge in [0.1, 0.15) is 11.9 Å². The van der Waals surface area contributed by atoms with Crippen molar-refractivity contribution in [1.82, 2.24) is 9.88 Å². The Bertz CT molecular complexity index is 715. The third kappa shape index (κ3) is 3.82. The van der Waals surface area contributed by atoms with Crippen LogP contribution in [0.5, 0.6) is 0 Å². The first-order valence-corrected chi connectivity index (χ1v) is 7.94. The van der Waals surface area contributed by atoms with E-state index in [-0.39, 0.29) is 12.5 Å². The summed E-state index contributed by atoms with van der Waals surface area (Å²) in [5, 5.41) is 11.8. The lowest BCUT2D eigenvalue weighted by Crippen LogP contribution is -2.50. The molecule has 6 nitrogen and oxygen atoms in total. The van der Waals surface area contributed by atoms with Crippen molar-refractivity contribution in [3.05, 3.63) is 54.2 Å². The Morgan fingerprint density at radius 2 is 1.88 bits per heavy atom. The van der Waals surface area contributed by atoms with Gasteiger partial charge in [-0.1, -0.05) is 18.2 Å². The molecule has 2 heterocycles. The zero-order chi connectivity index (χ0) is 16.8. The molecule has 1 saturated heterocycles. The average molecular weight is 321 g/mol. The molecular weight excluding hydrogens is 302 g/mol. The van der Waals surface area contributed by atoms with Crippen molar-refractivity contribution >= 4 is 17.4 Å². The van der Waals surface area contributed by atoms with Crippen LogP contribution in [0.1, 0.15) is 5.56 Å². The second kappa shape index (κ2) is 7.47. The Morgan fingerprint density at radius 3 is 2.50 bits per heavy atom. The number of pyridine rings is 1. The summed E-state index contributed by atoms with van der Waals surface area (Å²) in [6.45, 7) is 3.33. The first-order chi connectivity index (χ1) is 11.8. The summed E-state index contributed by atoms with van der Waals surface area (Å²) < 4.78 is 0. The van der Waals surface area contributed by atoms with Crippen LogP contribution in [0, 0.1) is 11.3 Å². The highest BCUT2D eigenvalue weighted by atomic mass is 16.2. The highest BCUT2D eigenvalue weighted by molar-refractivity contribution is 5.80. The molecule has 0 unspecified atom stereocenters. The Hall–Kier alpha value is -3.07. The van der Waals surface area contributed by atoms with E-state index in [1.807, 2.05) is 29.2 Å². The van der Waals surface area contributed by atoms with Crippen molar-refractivity contribution < 1.29 is 4.79 Å². The number of nitriles is 1. The van der Waals surface area contributed by atoms with Gasteiger partial charge in [-0.25, -0.2) is 4.98 Å². The fourth-order valence-corrected chi connectivity index (χ4v) is 2.70. The van der Waals surface area contributed by atoms with E-state index in [9.17, 15) is 4.79 Å². The predicted molar refractivity (Wildman–Crippen MR) is 92.7 cm³/mol. The zero-order valence-corrected chi connectivity index (χ0v) is 13.4.